The molecule has 0 N–H and O–H groups in total. The van der Waals surface area contributed by atoms with Gasteiger partial charge < -0.3 is 14.5 Å². The number of hydrogen-bond donors (Lipinski definition) is 0. The molecule has 1 aromatic carbocycles. The number of ether oxygens (including phenoxy) is 1. The number of carbonyl (C=O) groups is 2. The molecule has 4 rings (SSSR count). The van der Waals surface area contributed by atoms with Crippen LogP contribution in [0.5, 0.6) is 0 Å². The average Bonchev–Trinajstić information content (AvgIpc) is 3.57. The number of benzene rings is 1. The fraction of sp³-hybridized carbons (Fsp3) is 0.538. The van der Waals surface area contributed by atoms with Crippen LogP contribution in [0.15, 0.2) is 42.5 Å². The molecule has 2 amide bonds. The minimum absolute atomic E-state index is 0.00394. The summed E-state index contributed by atoms with van der Waals surface area (Å²) in [5.41, 5.74) is 1.10. The maximum Gasteiger partial charge on any atom is 0.242 e. The predicted molar refractivity (Wildman–Crippen MR) is 127 cm³/mol. The highest BCUT2D eigenvalue weighted by Crippen LogP contribution is 2.27. The van der Waals surface area contributed by atoms with Crippen LogP contribution < -0.4 is 0 Å². The van der Waals surface area contributed by atoms with Crippen LogP contribution in [-0.2, 0) is 27.4 Å². The Kier molecular flexibility index (Phi) is 7.98. The lowest BCUT2D eigenvalue weighted by molar-refractivity contribution is -0.144. The summed E-state index contributed by atoms with van der Waals surface area (Å²) in [5, 5.41) is 0. The second-order valence-electron chi connectivity index (χ2n) is 9.08. The molecule has 5 nitrogen and oxygen atoms in total. The van der Waals surface area contributed by atoms with Crippen LogP contribution in [-0.4, -0.2) is 47.4 Å². The van der Waals surface area contributed by atoms with Crippen LogP contribution in [0.4, 0.5) is 0 Å². The molecular formula is C26H34N2O3S. The third-order valence-electron chi connectivity index (χ3n) is 6.50. The van der Waals surface area contributed by atoms with E-state index < -0.39 is 0 Å². The molecule has 2 aromatic rings. The molecule has 1 atom stereocenters. The third-order valence-corrected chi connectivity index (χ3v) is 7.49. The minimum Gasteiger partial charge on any atom is -0.376 e. The summed E-state index contributed by atoms with van der Waals surface area (Å²) in [4.78, 5) is 33.0. The molecule has 172 valence electrons. The number of hydrogen-bond acceptors (Lipinski definition) is 4. The van der Waals surface area contributed by atoms with Crippen molar-refractivity contribution < 1.29 is 14.3 Å². The maximum absolute atomic E-state index is 13.6. The summed E-state index contributed by atoms with van der Waals surface area (Å²) in [7, 11) is 0. The fourth-order valence-corrected chi connectivity index (χ4v) is 5.66. The van der Waals surface area contributed by atoms with E-state index >= 15 is 0 Å². The first-order valence-corrected chi connectivity index (χ1v) is 12.7. The van der Waals surface area contributed by atoms with E-state index in [0.29, 0.717) is 19.6 Å². The second kappa shape index (κ2) is 11.1. The van der Waals surface area contributed by atoms with Gasteiger partial charge in [0.15, 0.2) is 0 Å². The number of rotatable bonds is 9. The molecule has 6 heteroatoms. The minimum atomic E-state index is 0.00394. The molecule has 0 radical (unpaired) electrons. The summed E-state index contributed by atoms with van der Waals surface area (Å²) in [6, 6.07) is 14.3. The first-order chi connectivity index (χ1) is 15.6. The Hall–Kier alpha value is -2.18. The third kappa shape index (κ3) is 6.20. The summed E-state index contributed by atoms with van der Waals surface area (Å²) in [5.74, 6) is 0.203. The van der Waals surface area contributed by atoms with Crippen molar-refractivity contribution >= 4 is 23.2 Å². The molecule has 0 bridgehead atoms. The number of aryl methyl sites for hydroxylation is 1. The van der Waals surface area contributed by atoms with Crippen molar-refractivity contribution in [2.24, 2.45) is 5.92 Å². The molecule has 2 heterocycles. The van der Waals surface area contributed by atoms with Gasteiger partial charge in [-0.1, -0.05) is 43.2 Å². The SMILES string of the molecule is Cc1ccc(CN(Cc2ccccc2)C(=O)CN(CC2CCCO2)C(=O)C2CCCC2)s1. The van der Waals surface area contributed by atoms with Crippen molar-refractivity contribution in [2.45, 2.75) is 64.6 Å². The van der Waals surface area contributed by atoms with E-state index in [1.54, 1.807) is 16.2 Å². The molecule has 1 unspecified atom stereocenters. The van der Waals surface area contributed by atoms with Gasteiger partial charge >= 0.3 is 0 Å². The standard InChI is InChI=1S/C26H34N2O3S/c1-20-13-14-24(32-20)18-27(16-21-8-3-2-4-9-21)25(29)19-28(17-23-12-7-15-31-23)26(30)22-10-5-6-11-22/h2-4,8-9,13-14,22-23H,5-7,10-12,15-19H2,1H3. The van der Waals surface area contributed by atoms with Crippen LogP contribution in [0.2, 0.25) is 0 Å². The highest BCUT2D eigenvalue weighted by molar-refractivity contribution is 7.11. The maximum atomic E-state index is 13.6. The average molecular weight is 455 g/mol. The van der Waals surface area contributed by atoms with Gasteiger partial charge in [-0.25, -0.2) is 0 Å². The molecule has 2 aliphatic rings. The van der Waals surface area contributed by atoms with Gasteiger partial charge in [-0.15, -0.1) is 11.3 Å². The van der Waals surface area contributed by atoms with E-state index in [4.69, 9.17) is 4.74 Å². The lowest BCUT2D eigenvalue weighted by Crippen LogP contribution is -2.47. The molecule has 1 saturated carbocycles. The molecule has 2 fully saturated rings. The van der Waals surface area contributed by atoms with Gasteiger partial charge in [0.1, 0.15) is 0 Å². The zero-order valence-corrected chi connectivity index (χ0v) is 19.8. The van der Waals surface area contributed by atoms with E-state index in [0.717, 1.165) is 50.7 Å². The quantitative estimate of drug-likeness (QED) is 0.548. The summed E-state index contributed by atoms with van der Waals surface area (Å²) in [6.45, 7) is 4.60. The summed E-state index contributed by atoms with van der Waals surface area (Å²) >= 11 is 1.72. The van der Waals surface area contributed by atoms with Gasteiger partial charge in [0, 0.05) is 35.4 Å². The van der Waals surface area contributed by atoms with E-state index in [9.17, 15) is 9.59 Å². The number of thiophene rings is 1. The zero-order valence-electron chi connectivity index (χ0n) is 19.0. The Morgan fingerprint density at radius 3 is 2.41 bits per heavy atom. The lowest BCUT2D eigenvalue weighted by atomic mass is 10.1. The number of carbonyl (C=O) groups excluding carboxylic acids is 2. The van der Waals surface area contributed by atoms with Crippen molar-refractivity contribution in [1.29, 1.82) is 0 Å². The Labute approximate surface area is 195 Å². The molecule has 1 saturated heterocycles. The van der Waals surface area contributed by atoms with Crippen LogP contribution in [0.25, 0.3) is 0 Å². The monoisotopic (exact) mass is 454 g/mol. The van der Waals surface area contributed by atoms with Crippen LogP contribution >= 0.6 is 11.3 Å². The normalized spacial score (nSPS) is 18.7. The lowest BCUT2D eigenvalue weighted by Gasteiger charge is -2.30. The van der Waals surface area contributed by atoms with Crippen molar-refractivity contribution in [2.75, 3.05) is 19.7 Å². The first-order valence-electron chi connectivity index (χ1n) is 11.9. The Balaban J connectivity index is 1.49. The largest absolute Gasteiger partial charge is 0.376 e. The van der Waals surface area contributed by atoms with Gasteiger partial charge in [-0.3, -0.25) is 9.59 Å². The van der Waals surface area contributed by atoms with Gasteiger partial charge in [0.25, 0.3) is 0 Å². The molecule has 1 aliphatic heterocycles. The first kappa shape index (κ1) is 23.0. The number of nitrogens with zero attached hydrogens (tertiary/aromatic N) is 2. The molecule has 32 heavy (non-hydrogen) atoms. The van der Waals surface area contributed by atoms with Crippen LogP contribution in [0.3, 0.4) is 0 Å². The summed E-state index contributed by atoms with van der Waals surface area (Å²) < 4.78 is 5.82. The summed E-state index contributed by atoms with van der Waals surface area (Å²) in [6.07, 6.45) is 6.14. The predicted octanol–water partition coefficient (Wildman–Crippen LogP) is 4.78. The van der Waals surface area contributed by atoms with Crippen molar-refractivity contribution in [1.82, 2.24) is 9.80 Å². The van der Waals surface area contributed by atoms with Gasteiger partial charge in [-0.2, -0.15) is 0 Å². The van der Waals surface area contributed by atoms with Gasteiger partial charge in [0.2, 0.25) is 11.8 Å². The molecule has 0 spiro atoms. The van der Waals surface area contributed by atoms with Crippen molar-refractivity contribution in [3.05, 3.63) is 57.8 Å². The van der Waals surface area contributed by atoms with Crippen LogP contribution in [0.1, 0.15) is 53.8 Å². The van der Waals surface area contributed by atoms with Crippen LogP contribution in [0, 0.1) is 12.8 Å². The Morgan fingerprint density at radius 1 is 0.969 bits per heavy atom. The zero-order chi connectivity index (χ0) is 22.3. The van der Waals surface area contributed by atoms with Gasteiger partial charge in [-0.05, 0) is 50.3 Å². The topological polar surface area (TPSA) is 49.9 Å². The van der Waals surface area contributed by atoms with Crippen molar-refractivity contribution in [3.63, 3.8) is 0 Å². The van der Waals surface area contributed by atoms with E-state index in [1.165, 1.54) is 9.75 Å². The van der Waals surface area contributed by atoms with Gasteiger partial charge in [0.05, 0.1) is 19.2 Å². The molecular weight excluding hydrogens is 420 g/mol. The fourth-order valence-electron chi connectivity index (χ4n) is 4.76. The number of amides is 2. The highest BCUT2D eigenvalue weighted by Gasteiger charge is 2.32. The molecule has 1 aliphatic carbocycles. The molecule has 1 aromatic heterocycles. The smallest absolute Gasteiger partial charge is 0.242 e. The van der Waals surface area contributed by atoms with E-state index in [1.807, 2.05) is 35.2 Å². The van der Waals surface area contributed by atoms with Crippen molar-refractivity contribution in [3.8, 4) is 0 Å². The second-order valence-corrected chi connectivity index (χ2v) is 10.5. The Morgan fingerprint density at radius 2 is 1.75 bits per heavy atom. The highest BCUT2D eigenvalue weighted by atomic mass is 32.1. The Bertz CT molecular complexity index is 885. The van der Waals surface area contributed by atoms with E-state index in [2.05, 4.69) is 19.1 Å². The van der Waals surface area contributed by atoms with E-state index in [-0.39, 0.29) is 30.4 Å².